The Bertz CT molecular complexity index is 1230. The minimum Gasteiger partial charge on any atom is -0.458 e. The van der Waals surface area contributed by atoms with Gasteiger partial charge in [-0.15, -0.1) is 0 Å². The molecular formula is C32H36FNO5. The molecule has 0 bridgehead atoms. The van der Waals surface area contributed by atoms with Crippen LogP contribution in [0.15, 0.2) is 72.8 Å². The summed E-state index contributed by atoms with van der Waals surface area (Å²) in [6, 6.07) is 21.8. The SMILES string of the molecule is CC(=O)OC(CC[C@H]1C(=O)N(c2ccc(CCCO)cc2)[C@@H]1c1ccc(CCCO)cc1)c1ccc(F)cc1. The molecule has 206 valence electrons. The summed E-state index contributed by atoms with van der Waals surface area (Å²) in [6.07, 6.45) is 3.29. The fourth-order valence-electron chi connectivity index (χ4n) is 5.27. The summed E-state index contributed by atoms with van der Waals surface area (Å²) in [5, 5.41) is 18.3. The average Bonchev–Trinajstić information content (AvgIpc) is 2.94. The molecule has 0 radical (unpaired) electrons. The number of esters is 1. The highest BCUT2D eigenvalue weighted by molar-refractivity contribution is 6.03. The third kappa shape index (κ3) is 7.11. The molecular weight excluding hydrogens is 497 g/mol. The second-order valence-electron chi connectivity index (χ2n) is 10.0. The van der Waals surface area contributed by atoms with Crippen molar-refractivity contribution in [1.82, 2.24) is 0 Å². The Morgan fingerprint density at radius 1 is 0.897 bits per heavy atom. The Balaban J connectivity index is 1.56. The number of aliphatic hydroxyl groups excluding tert-OH is 2. The van der Waals surface area contributed by atoms with Crippen LogP contribution in [0.2, 0.25) is 0 Å². The van der Waals surface area contributed by atoms with Crippen molar-refractivity contribution in [3.63, 3.8) is 0 Å². The van der Waals surface area contributed by atoms with Crippen molar-refractivity contribution >= 4 is 17.6 Å². The molecule has 1 unspecified atom stereocenters. The summed E-state index contributed by atoms with van der Waals surface area (Å²) in [5.74, 6) is -1.09. The van der Waals surface area contributed by atoms with E-state index in [-0.39, 0.29) is 36.9 Å². The molecule has 0 aromatic heterocycles. The molecule has 4 rings (SSSR count). The number of hydrogen-bond donors (Lipinski definition) is 2. The Morgan fingerprint density at radius 3 is 2.00 bits per heavy atom. The van der Waals surface area contributed by atoms with Gasteiger partial charge >= 0.3 is 5.97 Å². The summed E-state index contributed by atoms with van der Waals surface area (Å²) >= 11 is 0. The lowest BCUT2D eigenvalue weighted by Gasteiger charge is -2.48. The molecule has 1 fully saturated rings. The molecule has 0 spiro atoms. The monoisotopic (exact) mass is 533 g/mol. The topological polar surface area (TPSA) is 87.1 Å². The predicted molar refractivity (Wildman–Crippen MR) is 148 cm³/mol. The first-order chi connectivity index (χ1) is 18.9. The third-order valence-corrected chi connectivity index (χ3v) is 7.29. The number of nitrogens with zero attached hydrogens (tertiary/aromatic N) is 1. The number of rotatable bonds is 13. The largest absolute Gasteiger partial charge is 0.458 e. The van der Waals surface area contributed by atoms with Gasteiger partial charge in [-0.2, -0.15) is 0 Å². The number of benzene rings is 3. The summed E-state index contributed by atoms with van der Waals surface area (Å²) in [7, 11) is 0. The van der Waals surface area contributed by atoms with E-state index in [9.17, 15) is 14.0 Å². The zero-order chi connectivity index (χ0) is 27.8. The summed E-state index contributed by atoms with van der Waals surface area (Å²) in [6.45, 7) is 1.62. The highest BCUT2D eigenvalue weighted by Gasteiger charge is 2.48. The fraction of sp³-hybridized carbons (Fsp3) is 0.375. The number of aryl methyl sites for hydroxylation is 2. The number of ether oxygens (including phenoxy) is 1. The predicted octanol–water partition coefficient (Wildman–Crippen LogP) is 5.46. The number of carbonyl (C=O) groups excluding carboxylic acids is 2. The summed E-state index contributed by atoms with van der Waals surface area (Å²) in [4.78, 5) is 27.2. The van der Waals surface area contributed by atoms with Crippen LogP contribution in [0.1, 0.15) is 67.0 Å². The zero-order valence-electron chi connectivity index (χ0n) is 22.3. The van der Waals surface area contributed by atoms with Crippen molar-refractivity contribution in [3.05, 3.63) is 101 Å². The number of aliphatic hydroxyl groups is 2. The maximum absolute atomic E-state index is 13.5. The highest BCUT2D eigenvalue weighted by atomic mass is 19.1. The van der Waals surface area contributed by atoms with Crippen molar-refractivity contribution in [2.75, 3.05) is 18.1 Å². The van der Waals surface area contributed by atoms with Crippen LogP contribution in [0, 0.1) is 11.7 Å². The van der Waals surface area contributed by atoms with Crippen LogP contribution in [-0.4, -0.2) is 35.3 Å². The van der Waals surface area contributed by atoms with E-state index < -0.39 is 12.1 Å². The number of hydrogen-bond acceptors (Lipinski definition) is 5. The van der Waals surface area contributed by atoms with E-state index in [1.54, 1.807) is 12.1 Å². The third-order valence-electron chi connectivity index (χ3n) is 7.29. The van der Waals surface area contributed by atoms with E-state index in [4.69, 9.17) is 14.9 Å². The van der Waals surface area contributed by atoms with Crippen LogP contribution in [0.4, 0.5) is 10.1 Å². The van der Waals surface area contributed by atoms with Crippen LogP contribution < -0.4 is 4.90 Å². The molecule has 7 heteroatoms. The molecule has 1 aliphatic rings. The lowest BCUT2D eigenvalue weighted by Crippen LogP contribution is -2.55. The van der Waals surface area contributed by atoms with Gasteiger partial charge in [0.15, 0.2) is 0 Å². The first kappa shape index (κ1) is 28.5. The van der Waals surface area contributed by atoms with Crippen molar-refractivity contribution < 1.29 is 28.9 Å². The minimum atomic E-state index is -0.572. The van der Waals surface area contributed by atoms with Gasteiger partial charge in [0.1, 0.15) is 11.9 Å². The molecule has 39 heavy (non-hydrogen) atoms. The molecule has 2 N–H and O–H groups in total. The molecule has 1 amide bonds. The molecule has 3 aromatic carbocycles. The molecule has 0 aliphatic carbocycles. The van der Waals surface area contributed by atoms with Gasteiger partial charge in [0, 0.05) is 25.8 Å². The van der Waals surface area contributed by atoms with E-state index in [1.165, 1.54) is 19.1 Å². The van der Waals surface area contributed by atoms with E-state index in [2.05, 4.69) is 0 Å². The smallest absolute Gasteiger partial charge is 0.303 e. The fourth-order valence-corrected chi connectivity index (χ4v) is 5.27. The second-order valence-corrected chi connectivity index (χ2v) is 10.0. The second kappa shape index (κ2) is 13.5. The molecule has 6 nitrogen and oxygen atoms in total. The Kier molecular flexibility index (Phi) is 9.85. The maximum Gasteiger partial charge on any atom is 0.303 e. The number of carbonyl (C=O) groups is 2. The van der Waals surface area contributed by atoms with Crippen LogP contribution in [0.3, 0.4) is 0 Å². The van der Waals surface area contributed by atoms with Gasteiger partial charge in [0.25, 0.3) is 0 Å². The number of amides is 1. The standard InChI is InChI=1S/C32H36FNO5/c1-22(37)39-30(25-12-14-27(33)15-13-25)19-18-29-31(26-10-6-23(7-11-26)4-2-20-35)34(32(29)38)28-16-8-24(9-17-28)5-3-21-36/h6-17,29-31,35-36H,2-5,18-21H2,1H3/t29-,30?,31-/m1/s1. The van der Waals surface area contributed by atoms with Crippen LogP contribution in [-0.2, 0) is 27.2 Å². The molecule has 1 aliphatic heterocycles. The quantitative estimate of drug-likeness (QED) is 0.225. The average molecular weight is 534 g/mol. The molecule has 0 saturated carbocycles. The first-order valence-electron chi connectivity index (χ1n) is 13.6. The van der Waals surface area contributed by atoms with Gasteiger partial charge in [-0.1, -0.05) is 48.5 Å². The van der Waals surface area contributed by atoms with Gasteiger partial charge in [0.2, 0.25) is 5.91 Å². The van der Waals surface area contributed by atoms with Gasteiger partial charge in [0.05, 0.1) is 12.0 Å². The lowest BCUT2D eigenvalue weighted by molar-refractivity contribution is -0.147. The van der Waals surface area contributed by atoms with Gasteiger partial charge in [-0.05, 0) is 85.0 Å². The van der Waals surface area contributed by atoms with Crippen LogP contribution in [0.5, 0.6) is 0 Å². The van der Waals surface area contributed by atoms with E-state index >= 15 is 0 Å². The number of halogens is 1. The van der Waals surface area contributed by atoms with Crippen molar-refractivity contribution in [3.8, 4) is 0 Å². The molecule has 1 saturated heterocycles. The maximum atomic E-state index is 13.5. The van der Waals surface area contributed by atoms with Crippen LogP contribution in [0.25, 0.3) is 0 Å². The highest BCUT2D eigenvalue weighted by Crippen LogP contribution is 2.46. The number of β-lactam (4-membered cyclic amide) rings is 1. The first-order valence-corrected chi connectivity index (χ1v) is 13.6. The van der Waals surface area contributed by atoms with E-state index in [1.807, 2.05) is 53.4 Å². The van der Waals surface area contributed by atoms with Gasteiger partial charge in [-0.25, -0.2) is 4.39 Å². The lowest BCUT2D eigenvalue weighted by atomic mass is 9.78. The van der Waals surface area contributed by atoms with E-state index in [0.717, 1.165) is 35.2 Å². The minimum absolute atomic E-state index is 0.00754. The van der Waals surface area contributed by atoms with Gasteiger partial charge in [-0.3, -0.25) is 9.59 Å². The molecule has 1 heterocycles. The van der Waals surface area contributed by atoms with Crippen LogP contribution >= 0.6 is 0 Å². The van der Waals surface area contributed by atoms with Crippen molar-refractivity contribution in [2.24, 2.45) is 5.92 Å². The molecule has 3 atom stereocenters. The number of anilines is 1. The van der Waals surface area contributed by atoms with Crippen molar-refractivity contribution in [1.29, 1.82) is 0 Å². The molecule has 3 aromatic rings. The Morgan fingerprint density at radius 2 is 1.46 bits per heavy atom. The summed E-state index contributed by atoms with van der Waals surface area (Å²) < 4.78 is 19.0. The normalized spacial score (nSPS) is 17.5. The Hall–Kier alpha value is -3.55. The zero-order valence-corrected chi connectivity index (χ0v) is 22.3. The van der Waals surface area contributed by atoms with Crippen molar-refractivity contribution in [2.45, 2.75) is 57.6 Å². The summed E-state index contributed by atoms with van der Waals surface area (Å²) in [5.41, 5.74) is 4.75. The Labute approximate surface area is 229 Å². The van der Waals surface area contributed by atoms with E-state index in [0.29, 0.717) is 31.2 Å². The van der Waals surface area contributed by atoms with Gasteiger partial charge < -0.3 is 19.8 Å².